The number of hydrogen-bond acceptors (Lipinski definition) is 7. The third-order valence-electron chi connectivity index (χ3n) is 5.67. The van der Waals surface area contributed by atoms with Crippen molar-refractivity contribution in [3.05, 3.63) is 76.6 Å². The Morgan fingerprint density at radius 1 is 1.08 bits per heavy atom. The molecule has 0 saturated carbocycles. The van der Waals surface area contributed by atoms with Gasteiger partial charge in [0.1, 0.15) is 11.4 Å². The van der Waals surface area contributed by atoms with Crippen LogP contribution in [0, 0.1) is 25.2 Å². The molecule has 0 radical (unpaired) electrons. The van der Waals surface area contributed by atoms with Crippen molar-refractivity contribution in [2.45, 2.75) is 46.8 Å². The number of nitriles is 1. The molecule has 0 atom stereocenters. The monoisotopic (exact) mass is 501 g/mol. The smallest absolute Gasteiger partial charge is 0.415 e. The van der Waals surface area contributed by atoms with Crippen LogP contribution in [0.2, 0.25) is 0 Å². The average molecular weight is 502 g/mol. The van der Waals surface area contributed by atoms with E-state index in [1.165, 1.54) is 12.0 Å². The van der Waals surface area contributed by atoms with Gasteiger partial charge in [0, 0.05) is 23.0 Å². The highest BCUT2D eigenvalue weighted by molar-refractivity contribution is 5.98. The number of methoxy groups -OCH3 is 2. The van der Waals surface area contributed by atoms with E-state index < -0.39 is 17.7 Å². The molecule has 8 heteroatoms. The van der Waals surface area contributed by atoms with Crippen molar-refractivity contribution in [3.8, 4) is 22.9 Å². The second-order valence-corrected chi connectivity index (χ2v) is 9.53. The highest BCUT2D eigenvalue weighted by Crippen LogP contribution is 2.32. The number of pyridine rings is 1. The molecule has 0 N–H and O–H groups in total. The summed E-state index contributed by atoms with van der Waals surface area (Å²) in [5, 5.41) is 9.79. The fraction of sp³-hybridized carbons (Fsp3) is 0.310. The van der Waals surface area contributed by atoms with Gasteiger partial charge < -0.3 is 14.2 Å². The Labute approximate surface area is 217 Å². The van der Waals surface area contributed by atoms with Crippen LogP contribution in [0.5, 0.6) is 5.75 Å². The SMILES string of the molecule is COC(=O)c1ccccc1-c1cc(C#N)cc(N(Cc2ncc(C)c(OC)c2C)C(=O)OC(C)(C)C)c1. The number of esters is 1. The van der Waals surface area contributed by atoms with Crippen LogP contribution in [0.1, 0.15) is 53.5 Å². The van der Waals surface area contributed by atoms with E-state index in [1.807, 2.05) is 13.8 Å². The molecule has 8 nitrogen and oxygen atoms in total. The van der Waals surface area contributed by atoms with Gasteiger partial charge in [-0.1, -0.05) is 18.2 Å². The van der Waals surface area contributed by atoms with E-state index in [0.29, 0.717) is 39.4 Å². The van der Waals surface area contributed by atoms with Crippen LogP contribution in [0.3, 0.4) is 0 Å². The number of carbonyl (C=O) groups excluding carboxylic acids is 2. The summed E-state index contributed by atoms with van der Waals surface area (Å²) in [6.07, 6.45) is 1.09. The zero-order chi connectivity index (χ0) is 27.3. The van der Waals surface area contributed by atoms with Crippen LogP contribution >= 0.6 is 0 Å². The summed E-state index contributed by atoms with van der Waals surface area (Å²) in [5.41, 5.74) is 3.76. The van der Waals surface area contributed by atoms with Crippen LogP contribution in [-0.2, 0) is 16.0 Å². The van der Waals surface area contributed by atoms with Gasteiger partial charge in [-0.3, -0.25) is 9.88 Å². The number of ether oxygens (including phenoxy) is 3. The number of aryl methyl sites for hydroxylation is 1. The summed E-state index contributed by atoms with van der Waals surface area (Å²) in [5.74, 6) is 0.183. The number of hydrogen-bond donors (Lipinski definition) is 0. The first-order valence-corrected chi connectivity index (χ1v) is 11.7. The molecule has 2 aromatic carbocycles. The fourth-order valence-electron chi connectivity index (χ4n) is 3.97. The van der Waals surface area contributed by atoms with Crippen molar-refractivity contribution in [2.24, 2.45) is 0 Å². The summed E-state index contributed by atoms with van der Waals surface area (Å²) in [6, 6.07) is 14.1. The molecule has 3 rings (SSSR count). The van der Waals surface area contributed by atoms with Gasteiger partial charge in [0.15, 0.2) is 0 Å². The summed E-state index contributed by atoms with van der Waals surface area (Å²) in [7, 11) is 2.90. The lowest BCUT2D eigenvalue weighted by Crippen LogP contribution is -2.37. The lowest BCUT2D eigenvalue weighted by molar-refractivity contribution is 0.0573. The third-order valence-corrected chi connectivity index (χ3v) is 5.67. The van der Waals surface area contributed by atoms with E-state index in [1.54, 1.807) is 76.5 Å². The van der Waals surface area contributed by atoms with E-state index in [4.69, 9.17) is 14.2 Å². The first kappa shape index (κ1) is 27.2. The Balaban J connectivity index is 2.20. The maximum atomic E-state index is 13.5. The molecule has 1 heterocycles. The number of rotatable bonds is 6. The standard InChI is InChI=1S/C29H31N3O5/c1-18-16-31-25(19(2)26(18)35-6)17-32(28(34)37-29(3,4)5)22-13-20(15-30)12-21(14-22)23-10-8-9-11-24(23)27(33)36-7/h8-14,16H,17H2,1-7H3. The number of anilines is 1. The fourth-order valence-corrected chi connectivity index (χ4v) is 3.97. The minimum Gasteiger partial charge on any atom is -0.496 e. The predicted octanol–water partition coefficient (Wildman–Crippen LogP) is 5.97. The molecule has 3 aromatic rings. The van der Waals surface area contributed by atoms with Crippen LogP contribution in [0.25, 0.3) is 11.1 Å². The largest absolute Gasteiger partial charge is 0.496 e. The Kier molecular flexibility index (Phi) is 8.18. The highest BCUT2D eigenvalue weighted by atomic mass is 16.6. The van der Waals surface area contributed by atoms with Gasteiger partial charge in [-0.05, 0) is 70.0 Å². The maximum absolute atomic E-state index is 13.5. The molecule has 0 unspecified atom stereocenters. The predicted molar refractivity (Wildman–Crippen MR) is 141 cm³/mol. The minimum atomic E-state index is -0.754. The number of carbonyl (C=O) groups is 2. The molecule has 0 aliphatic heterocycles. The molecule has 0 bridgehead atoms. The summed E-state index contributed by atoms with van der Waals surface area (Å²) >= 11 is 0. The molecular weight excluding hydrogens is 470 g/mol. The zero-order valence-electron chi connectivity index (χ0n) is 22.2. The van der Waals surface area contributed by atoms with E-state index in [0.717, 1.165) is 11.1 Å². The Morgan fingerprint density at radius 3 is 2.41 bits per heavy atom. The highest BCUT2D eigenvalue weighted by Gasteiger charge is 2.26. The van der Waals surface area contributed by atoms with Crippen molar-refractivity contribution in [1.82, 2.24) is 4.98 Å². The third kappa shape index (κ3) is 6.25. The Bertz CT molecular complexity index is 1370. The Morgan fingerprint density at radius 2 is 1.78 bits per heavy atom. The second-order valence-electron chi connectivity index (χ2n) is 9.53. The zero-order valence-corrected chi connectivity index (χ0v) is 22.2. The van der Waals surface area contributed by atoms with Crippen LogP contribution in [0.4, 0.5) is 10.5 Å². The molecule has 1 aromatic heterocycles. The summed E-state index contributed by atoms with van der Waals surface area (Å²) in [4.78, 5) is 31.9. The lowest BCUT2D eigenvalue weighted by Gasteiger charge is -2.28. The van der Waals surface area contributed by atoms with Gasteiger partial charge in [-0.2, -0.15) is 5.26 Å². The lowest BCUT2D eigenvalue weighted by atomic mass is 9.97. The Hall–Kier alpha value is -4.38. The number of amides is 1. The number of benzene rings is 2. The van der Waals surface area contributed by atoms with Crippen molar-refractivity contribution in [3.63, 3.8) is 0 Å². The first-order valence-electron chi connectivity index (χ1n) is 11.7. The van der Waals surface area contributed by atoms with Crippen LogP contribution in [-0.4, -0.2) is 36.9 Å². The summed E-state index contributed by atoms with van der Waals surface area (Å²) < 4.78 is 16.2. The van der Waals surface area contributed by atoms with E-state index in [-0.39, 0.29) is 6.54 Å². The van der Waals surface area contributed by atoms with Gasteiger partial charge in [-0.25, -0.2) is 9.59 Å². The second kappa shape index (κ2) is 11.1. The van der Waals surface area contributed by atoms with E-state index in [9.17, 15) is 14.9 Å². The molecule has 0 saturated heterocycles. The molecule has 37 heavy (non-hydrogen) atoms. The molecule has 0 aliphatic rings. The first-order chi connectivity index (χ1) is 17.5. The van der Waals surface area contributed by atoms with E-state index >= 15 is 0 Å². The quantitative estimate of drug-likeness (QED) is 0.383. The van der Waals surface area contributed by atoms with Gasteiger partial charge in [0.2, 0.25) is 0 Å². The van der Waals surface area contributed by atoms with Gasteiger partial charge in [0.05, 0.1) is 43.7 Å². The van der Waals surface area contributed by atoms with Crippen molar-refractivity contribution < 1.29 is 23.8 Å². The number of nitrogens with zero attached hydrogens (tertiary/aromatic N) is 3. The molecular formula is C29H31N3O5. The van der Waals surface area contributed by atoms with Crippen molar-refractivity contribution in [1.29, 1.82) is 5.26 Å². The molecule has 0 fully saturated rings. The average Bonchev–Trinajstić information content (AvgIpc) is 2.86. The minimum absolute atomic E-state index is 0.0738. The molecule has 0 spiro atoms. The number of aromatic nitrogens is 1. The normalized spacial score (nSPS) is 10.9. The molecule has 0 aliphatic carbocycles. The molecule has 192 valence electrons. The van der Waals surface area contributed by atoms with Gasteiger partial charge in [-0.15, -0.1) is 0 Å². The maximum Gasteiger partial charge on any atom is 0.415 e. The van der Waals surface area contributed by atoms with Gasteiger partial charge in [0.25, 0.3) is 0 Å². The summed E-state index contributed by atoms with van der Waals surface area (Å²) in [6.45, 7) is 9.20. The topological polar surface area (TPSA) is 102 Å². The van der Waals surface area contributed by atoms with E-state index in [2.05, 4.69) is 11.1 Å². The van der Waals surface area contributed by atoms with Crippen LogP contribution < -0.4 is 9.64 Å². The van der Waals surface area contributed by atoms with Gasteiger partial charge >= 0.3 is 12.1 Å². The van der Waals surface area contributed by atoms with Crippen molar-refractivity contribution >= 4 is 17.7 Å². The van der Waals surface area contributed by atoms with Crippen molar-refractivity contribution in [2.75, 3.05) is 19.1 Å². The van der Waals surface area contributed by atoms with Crippen LogP contribution in [0.15, 0.2) is 48.7 Å². The molecule has 1 amide bonds.